The molecule has 0 saturated carbocycles. The predicted molar refractivity (Wildman–Crippen MR) is 87.9 cm³/mol. The first-order valence-electron chi connectivity index (χ1n) is 7.29. The number of carbonyl (C=O) groups is 2. The zero-order valence-electron chi connectivity index (χ0n) is 13.1. The molecule has 5 nitrogen and oxygen atoms in total. The zero-order chi connectivity index (χ0) is 17.0. The monoisotopic (exact) mass is 313 g/mol. The molecule has 0 aliphatic heterocycles. The van der Waals surface area contributed by atoms with Gasteiger partial charge in [0.05, 0.1) is 13.0 Å². The minimum atomic E-state index is -0.951. The quantitative estimate of drug-likeness (QED) is 0.632. The van der Waals surface area contributed by atoms with Crippen LogP contribution >= 0.6 is 0 Å². The van der Waals surface area contributed by atoms with Crippen LogP contribution < -0.4 is 10.5 Å². The number of nitrogen functional groups attached to an aromatic ring is 1. The van der Waals surface area contributed by atoms with Gasteiger partial charge >= 0.3 is 5.97 Å². The van der Waals surface area contributed by atoms with Gasteiger partial charge in [-0.1, -0.05) is 19.1 Å². The van der Waals surface area contributed by atoms with E-state index in [4.69, 9.17) is 10.5 Å². The number of benzene rings is 2. The van der Waals surface area contributed by atoms with Gasteiger partial charge in [0.25, 0.3) is 0 Å². The molecule has 5 heteroatoms. The summed E-state index contributed by atoms with van der Waals surface area (Å²) in [5.74, 6) is -1.26. The summed E-state index contributed by atoms with van der Waals surface area (Å²) in [4.78, 5) is 24.0. The molecular weight excluding hydrogens is 294 g/mol. The number of hydrogen-bond acceptors (Lipinski definition) is 4. The van der Waals surface area contributed by atoms with Crippen molar-refractivity contribution in [2.45, 2.75) is 19.3 Å². The van der Waals surface area contributed by atoms with E-state index in [2.05, 4.69) is 0 Å². The molecule has 0 saturated heterocycles. The Morgan fingerprint density at radius 1 is 1.17 bits per heavy atom. The Hall–Kier alpha value is -2.82. The lowest BCUT2D eigenvalue weighted by atomic mass is 9.91. The van der Waals surface area contributed by atoms with Crippen molar-refractivity contribution < 1.29 is 19.4 Å². The highest BCUT2D eigenvalue weighted by Gasteiger charge is 2.23. The Balaban J connectivity index is 2.43. The van der Waals surface area contributed by atoms with Gasteiger partial charge in [-0.15, -0.1) is 0 Å². The summed E-state index contributed by atoms with van der Waals surface area (Å²) < 4.78 is 5.07. The molecule has 2 rings (SSSR count). The summed E-state index contributed by atoms with van der Waals surface area (Å²) >= 11 is 0. The number of carboxylic acids is 1. The van der Waals surface area contributed by atoms with Crippen molar-refractivity contribution in [3.63, 3.8) is 0 Å². The third-order valence-corrected chi connectivity index (χ3v) is 3.82. The van der Waals surface area contributed by atoms with Crippen LogP contribution in [0.5, 0.6) is 5.75 Å². The zero-order valence-corrected chi connectivity index (χ0v) is 13.1. The van der Waals surface area contributed by atoms with Gasteiger partial charge in [-0.3, -0.25) is 9.59 Å². The van der Waals surface area contributed by atoms with Crippen LogP contribution in [0, 0.1) is 0 Å². The van der Waals surface area contributed by atoms with Gasteiger partial charge in [-0.2, -0.15) is 0 Å². The number of rotatable bonds is 6. The maximum absolute atomic E-state index is 12.6. The van der Waals surface area contributed by atoms with Crippen molar-refractivity contribution >= 4 is 17.4 Å². The number of ether oxygens (including phenoxy) is 1. The minimum absolute atomic E-state index is 0.225. The lowest BCUT2D eigenvalue weighted by Gasteiger charge is -2.15. The molecule has 0 bridgehead atoms. The van der Waals surface area contributed by atoms with E-state index in [0.29, 0.717) is 28.9 Å². The van der Waals surface area contributed by atoms with Crippen molar-refractivity contribution in [2.75, 3.05) is 12.8 Å². The highest BCUT2D eigenvalue weighted by molar-refractivity contribution is 6.12. The van der Waals surface area contributed by atoms with Gasteiger partial charge in [-0.05, 0) is 42.3 Å². The number of carbonyl (C=O) groups excluding carboxylic acids is 1. The molecular formula is C18H19NO4. The summed E-state index contributed by atoms with van der Waals surface area (Å²) in [7, 11) is 1.55. The molecule has 3 N–H and O–H groups in total. The Morgan fingerprint density at radius 2 is 1.83 bits per heavy atom. The molecule has 0 spiro atoms. The molecule has 0 radical (unpaired) electrons. The van der Waals surface area contributed by atoms with Crippen molar-refractivity contribution in [1.29, 1.82) is 0 Å². The lowest BCUT2D eigenvalue weighted by Crippen LogP contribution is -2.15. The van der Waals surface area contributed by atoms with E-state index in [9.17, 15) is 14.7 Å². The first-order chi connectivity index (χ1) is 11.0. The van der Waals surface area contributed by atoms with Gasteiger partial charge in [0.15, 0.2) is 5.78 Å². The van der Waals surface area contributed by atoms with Crippen LogP contribution in [-0.2, 0) is 4.79 Å². The normalized spacial score (nSPS) is 11.7. The van der Waals surface area contributed by atoms with Gasteiger partial charge in [0, 0.05) is 16.8 Å². The lowest BCUT2D eigenvalue weighted by molar-refractivity contribution is -0.138. The third-order valence-electron chi connectivity index (χ3n) is 3.82. The minimum Gasteiger partial charge on any atom is -0.497 e. The second-order valence-corrected chi connectivity index (χ2v) is 5.17. The number of nitrogens with two attached hydrogens (primary N) is 1. The maximum Gasteiger partial charge on any atom is 0.311 e. The maximum atomic E-state index is 12.6. The van der Waals surface area contributed by atoms with Gasteiger partial charge < -0.3 is 15.6 Å². The number of ketones is 1. The molecule has 0 aliphatic carbocycles. The number of hydrogen-bond donors (Lipinski definition) is 2. The summed E-state index contributed by atoms with van der Waals surface area (Å²) in [6, 6.07) is 11.6. The third kappa shape index (κ3) is 3.34. The number of aliphatic carboxylic acids is 1. The molecule has 120 valence electrons. The highest BCUT2D eigenvalue weighted by Crippen LogP contribution is 2.29. The second-order valence-electron chi connectivity index (χ2n) is 5.17. The first kappa shape index (κ1) is 16.5. The molecule has 1 unspecified atom stereocenters. The Bertz CT molecular complexity index is 722. The fourth-order valence-corrected chi connectivity index (χ4v) is 2.51. The average molecular weight is 313 g/mol. The molecule has 0 aliphatic rings. The van der Waals surface area contributed by atoms with Crippen LogP contribution in [0.2, 0.25) is 0 Å². The number of carboxylic acid groups (broad SMARTS) is 1. The molecule has 1 atom stereocenters. The first-order valence-corrected chi connectivity index (χ1v) is 7.29. The molecule has 0 fully saturated rings. The van der Waals surface area contributed by atoms with E-state index < -0.39 is 11.9 Å². The predicted octanol–water partition coefficient (Wildman–Crippen LogP) is 3.09. The largest absolute Gasteiger partial charge is 0.497 e. The fourth-order valence-electron chi connectivity index (χ4n) is 2.51. The summed E-state index contributed by atoms with van der Waals surface area (Å²) in [6.45, 7) is 1.77. The molecule has 0 amide bonds. The molecule has 23 heavy (non-hydrogen) atoms. The van der Waals surface area contributed by atoms with E-state index in [1.165, 1.54) is 0 Å². The molecule has 0 heterocycles. The van der Waals surface area contributed by atoms with Gasteiger partial charge in [0.1, 0.15) is 5.75 Å². The fraction of sp³-hybridized carbons (Fsp3) is 0.222. The average Bonchev–Trinajstić information content (AvgIpc) is 2.56. The summed E-state index contributed by atoms with van der Waals surface area (Å²) in [5, 5.41) is 9.30. The van der Waals surface area contributed by atoms with E-state index in [1.54, 1.807) is 56.5 Å². The SMILES string of the molecule is CCC(C(=O)O)c1cccc(C(=O)c2ccc(OC)cc2)c1N. The van der Waals surface area contributed by atoms with Crippen LogP contribution in [0.1, 0.15) is 40.7 Å². The van der Waals surface area contributed by atoms with Gasteiger partial charge in [-0.25, -0.2) is 0 Å². The topological polar surface area (TPSA) is 89.6 Å². The molecule has 2 aromatic carbocycles. The van der Waals surface area contributed by atoms with Crippen molar-refractivity contribution in [1.82, 2.24) is 0 Å². The second kappa shape index (κ2) is 6.96. The van der Waals surface area contributed by atoms with Crippen LogP contribution in [0.15, 0.2) is 42.5 Å². The van der Waals surface area contributed by atoms with Crippen molar-refractivity contribution in [3.05, 3.63) is 59.2 Å². The summed E-state index contributed by atoms with van der Waals surface area (Å²) in [6.07, 6.45) is 0.402. The van der Waals surface area contributed by atoms with Crippen LogP contribution in [-0.4, -0.2) is 24.0 Å². The van der Waals surface area contributed by atoms with Crippen LogP contribution in [0.25, 0.3) is 0 Å². The number of methoxy groups -OCH3 is 1. The van der Waals surface area contributed by atoms with Crippen molar-refractivity contribution in [2.24, 2.45) is 0 Å². The van der Waals surface area contributed by atoms with Crippen LogP contribution in [0.4, 0.5) is 5.69 Å². The van der Waals surface area contributed by atoms with Crippen molar-refractivity contribution in [3.8, 4) is 5.75 Å². The Labute approximate surface area is 134 Å². The highest BCUT2D eigenvalue weighted by atomic mass is 16.5. The summed E-state index contributed by atoms with van der Waals surface area (Å²) in [5.41, 5.74) is 7.56. The van der Waals surface area contributed by atoms with E-state index in [1.807, 2.05) is 0 Å². The molecule has 0 aromatic heterocycles. The smallest absolute Gasteiger partial charge is 0.311 e. The Kier molecular flexibility index (Phi) is 5.01. The molecule has 2 aromatic rings. The van der Waals surface area contributed by atoms with Crippen LogP contribution in [0.3, 0.4) is 0 Å². The Morgan fingerprint density at radius 3 is 2.35 bits per heavy atom. The standard InChI is InChI=1S/C18H19NO4/c1-3-13(18(21)22)14-5-4-6-15(16(14)19)17(20)11-7-9-12(23-2)10-8-11/h4-10,13H,3,19H2,1-2H3,(H,21,22). The van der Waals surface area contributed by atoms with Gasteiger partial charge in [0.2, 0.25) is 0 Å². The van der Waals surface area contributed by atoms with E-state index in [-0.39, 0.29) is 11.5 Å². The number of para-hydroxylation sites is 1. The van der Waals surface area contributed by atoms with E-state index >= 15 is 0 Å². The number of anilines is 1. The van der Waals surface area contributed by atoms with E-state index in [0.717, 1.165) is 0 Å².